The maximum absolute atomic E-state index is 13.3. The van der Waals surface area contributed by atoms with Gasteiger partial charge in [-0.3, -0.25) is 10.5 Å². The van der Waals surface area contributed by atoms with Crippen LogP contribution >= 0.6 is 11.6 Å². The van der Waals surface area contributed by atoms with Gasteiger partial charge in [0.25, 0.3) is 0 Å². The van der Waals surface area contributed by atoms with Crippen molar-refractivity contribution in [2.24, 2.45) is 0 Å². The van der Waals surface area contributed by atoms with Crippen LogP contribution in [0.2, 0.25) is 5.02 Å². The number of nitrogens with zero attached hydrogens (tertiary/aromatic N) is 1. The summed E-state index contributed by atoms with van der Waals surface area (Å²) in [6, 6.07) is 7.98. The van der Waals surface area contributed by atoms with Crippen molar-refractivity contribution in [3.8, 4) is 0 Å². The topological polar surface area (TPSA) is 43.4 Å². The molecule has 2 heterocycles. The Bertz CT molecular complexity index is 703. The summed E-state index contributed by atoms with van der Waals surface area (Å²) >= 11 is 6.19. The third-order valence-electron chi connectivity index (χ3n) is 3.65. The third kappa shape index (κ3) is 4.54. The predicted molar refractivity (Wildman–Crippen MR) is 91.3 cm³/mol. The number of hydroxylamine groups is 1. The Kier molecular flexibility index (Phi) is 5.80. The Balaban J connectivity index is 1.84. The lowest BCUT2D eigenvalue weighted by Gasteiger charge is -2.23. The Hall–Kier alpha value is -1.95. The molecule has 1 atom stereocenters. The van der Waals surface area contributed by atoms with Crippen LogP contribution in [0.3, 0.4) is 0 Å². The number of ether oxygens (including phenoxy) is 1. The second-order valence-electron chi connectivity index (χ2n) is 5.48. The Morgan fingerprint density at radius 2 is 2.29 bits per heavy atom. The van der Waals surface area contributed by atoms with Crippen molar-refractivity contribution in [3.05, 3.63) is 64.7 Å². The molecule has 1 saturated heterocycles. The van der Waals surface area contributed by atoms with E-state index in [1.165, 1.54) is 12.1 Å². The largest absolute Gasteiger partial charge is 0.350 e. The predicted octanol–water partition coefficient (Wildman–Crippen LogP) is 4.42. The van der Waals surface area contributed by atoms with Crippen LogP contribution in [0.5, 0.6) is 0 Å². The van der Waals surface area contributed by atoms with Crippen LogP contribution in [0.1, 0.15) is 30.4 Å². The summed E-state index contributed by atoms with van der Waals surface area (Å²) in [5.74, 6) is -0.388. The van der Waals surface area contributed by atoms with E-state index in [2.05, 4.69) is 10.5 Å². The van der Waals surface area contributed by atoms with Crippen molar-refractivity contribution < 1.29 is 14.0 Å². The van der Waals surface area contributed by atoms with Gasteiger partial charge in [-0.1, -0.05) is 17.7 Å². The number of aromatic nitrogens is 1. The van der Waals surface area contributed by atoms with Gasteiger partial charge in [0.1, 0.15) is 5.82 Å². The van der Waals surface area contributed by atoms with Crippen LogP contribution in [-0.4, -0.2) is 17.9 Å². The zero-order chi connectivity index (χ0) is 16.8. The van der Waals surface area contributed by atoms with Gasteiger partial charge in [0, 0.05) is 31.0 Å². The monoisotopic (exact) mass is 348 g/mol. The lowest BCUT2D eigenvalue weighted by atomic mass is 10.1. The number of halogens is 2. The first kappa shape index (κ1) is 16.9. The molecule has 0 aliphatic carbocycles. The van der Waals surface area contributed by atoms with Crippen LogP contribution in [0, 0.1) is 5.82 Å². The van der Waals surface area contributed by atoms with Gasteiger partial charge in [-0.2, -0.15) is 0 Å². The van der Waals surface area contributed by atoms with E-state index in [1.54, 1.807) is 18.5 Å². The van der Waals surface area contributed by atoms with E-state index in [1.807, 2.05) is 18.2 Å². The van der Waals surface area contributed by atoms with Gasteiger partial charge in [-0.15, -0.1) is 0 Å². The fourth-order valence-corrected chi connectivity index (χ4v) is 2.70. The smallest absolute Gasteiger partial charge is 0.183 e. The average Bonchev–Trinajstić information content (AvgIpc) is 2.61. The second kappa shape index (κ2) is 8.24. The molecule has 1 aromatic heterocycles. The minimum atomic E-state index is -0.388. The molecule has 1 fully saturated rings. The molecule has 1 aliphatic rings. The standard InChI is InChI=1S/C18H18ClFN2O2/c19-16-11-14(20)6-7-15(16)17(10-13-4-3-8-21-12-13)22-24-18-5-1-2-9-23-18/h3-4,6-8,10-12,18,22H,1-2,5,9H2. The van der Waals surface area contributed by atoms with Gasteiger partial charge >= 0.3 is 0 Å². The summed E-state index contributed by atoms with van der Waals surface area (Å²) in [6.07, 6.45) is 7.88. The van der Waals surface area contributed by atoms with E-state index in [9.17, 15) is 4.39 Å². The number of hydrogen-bond acceptors (Lipinski definition) is 4. The molecule has 0 spiro atoms. The zero-order valence-electron chi connectivity index (χ0n) is 13.0. The van der Waals surface area contributed by atoms with Crippen molar-refractivity contribution >= 4 is 23.4 Å². The first-order valence-corrected chi connectivity index (χ1v) is 8.20. The third-order valence-corrected chi connectivity index (χ3v) is 3.97. The van der Waals surface area contributed by atoms with Crippen molar-refractivity contribution in [1.29, 1.82) is 0 Å². The van der Waals surface area contributed by atoms with E-state index in [0.29, 0.717) is 22.9 Å². The molecule has 1 aromatic carbocycles. The molecule has 6 heteroatoms. The Morgan fingerprint density at radius 1 is 1.38 bits per heavy atom. The van der Waals surface area contributed by atoms with Crippen LogP contribution in [-0.2, 0) is 9.57 Å². The molecule has 1 unspecified atom stereocenters. The highest BCUT2D eigenvalue weighted by atomic mass is 35.5. The molecule has 0 radical (unpaired) electrons. The van der Waals surface area contributed by atoms with E-state index in [4.69, 9.17) is 21.2 Å². The molecule has 1 aliphatic heterocycles. The second-order valence-corrected chi connectivity index (χ2v) is 5.89. The van der Waals surface area contributed by atoms with E-state index < -0.39 is 0 Å². The van der Waals surface area contributed by atoms with Crippen molar-refractivity contribution in [2.45, 2.75) is 25.6 Å². The Labute approximate surface area is 145 Å². The SMILES string of the molecule is Fc1ccc(C(=Cc2cccnc2)NOC2CCCCO2)c(Cl)c1. The summed E-state index contributed by atoms with van der Waals surface area (Å²) < 4.78 is 18.9. The lowest BCUT2D eigenvalue weighted by Crippen LogP contribution is -2.28. The van der Waals surface area contributed by atoms with Crippen LogP contribution in [0.25, 0.3) is 11.8 Å². The molecule has 4 nitrogen and oxygen atoms in total. The van der Waals surface area contributed by atoms with Crippen molar-refractivity contribution in [1.82, 2.24) is 10.5 Å². The first-order chi connectivity index (χ1) is 11.7. The van der Waals surface area contributed by atoms with E-state index >= 15 is 0 Å². The summed E-state index contributed by atoms with van der Waals surface area (Å²) in [5, 5.41) is 0.297. The number of benzene rings is 1. The molecule has 0 bridgehead atoms. The van der Waals surface area contributed by atoms with Crippen LogP contribution in [0.4, 0.5) is 4.39 Å². The summed E-state index contributed by atoms with van der Waals surface area (Å²) in [7, 11) is 0. The quantitative estimate of drug-likeness (QED) is 0.812. The van der Waals surface area contributed by atoms with E-state index in [0.717, 1.165) is 24.8 Å². The highest BCUT2D eigenvalue weighted by Crippen LogP contribution is 2.25. The molecule has 3 rings (SSSR count). The van der Waals surface area contributed by atoms with Gasteiger partial charge < -0.3 is 4.74 Å². The van der Waals surface area contributed by atoms with Gasteiger partial charge in [0.15, 0.2) is 6.29 Å². The number of pyridine rings is 1. The van der Waals surface area contributed by atoms with Crippen LogP contribution < -0.4 is 5.48 Å². The minimum absolute atomic E-state index is 0.297. The molecule has 2 aromatic rings. The van der Waals surface area contributed by atoms with Gasteiger partial charge in [-0.05, 0) is 48.7 Å². The highest BCUT2D eigenvalue weighted by Gasteiger charge is 2.16. The lowest BCUT2D eigenvalue weighted by molar-refractivity contribution is -0.184. The molecular weight excluding hydrogens is 331 g/mol. The fraction of sp³-hybridized carbons (Fsp3) is 0.278. The number of nitrogens with one attached hydrogen (secondary N) is 1. The molecule has 1 N–H and O–H groups in total. The average molecular weight is 349 g/mol. The van der Waals surface area contributed by atoms with E-state index in [-0.39, 0.29) is 12.1 Å². The molecule has 0 saturated carbocycles. The summed E-state index contributed by atoms with van der Waals surface area (Å²) in [6.45, 7) is 0.686. The summed E-state index contributed by atoms with van der Waals surface area (Å²) in [4.78, 5) is 9.73. The van der Waals surface area contributed by atoms with Gasteiger partial charge in [0.2, 0.25) is 0 Å². The summed E-state index contributed by atoms with van der Waals surface area (Å²) in [5.41, 5.74) is 5.03. The molecule has 0 amide bonds. The fourth-order valence-electron chi connectivity index (χ4n) is 2.43. The molecular formula is C18H18ClFN2O2. The first-order valence-electron chi connectivity index (χ1n) is 7.83. The number of hydrogen-bond donors (Lipinski definition) is 1. The molecule has 126 valence electrons. The maximum Gasteiger partial charge on any atom is 0.183 e. The van der Waals surface area contributed by atoms with Crippen molar-refractivity contribution in [2.75, 3.05) is 6.61 Å². The van der Waals surface area contributed by atoms with Crippen LogP contribution in [0.15, 0.2) is 42.7 Å². The number of rotatable bonds is 5. The highest BCUT2D eigenvalue weighted by molar-refractivity contribution is 6.32. The molecule has 24 heavy (non-hydrogen) atoms. The maximum atomic E-state index is 13.3. The Morgan fingerprint density at radius 3 is 3.00 bits per heavy atom. The minimum Gasteiger partial charge on any atom is -0.350 e. The van der Waals surface area contributed by atoms with Crippen molar-refractivity contribution in [3.63, 3.8) is 0 Å². The zero-order valence-corrected chi connectivity index (χ0v) is 13.8. The van der Waals surface area contributed by atoms with Gasteiger partial charge in [0.05, 0.1) is 10.7 Å². The van der Waals surface area contributed by atoms with Gasteiger partial charge in [-0.25, -0.2) is 9.23 Å². The normalized spacial score (nSPS) is 18.4.